The molecule has 2 heterocycles. The first-order valence-electron chi connectivity index (χ1n) is 8.41. The SMILES string of the molecule is Cc1nnc2n1CCN(C(C)C(=O)NC1(C#N)CCCCC1)C2. The van der Waals surface area contributed by atoms with Crippen LogP contribution in [0.15, 0.2) is 0 Å². The summed E-state index contributed by atoms with van der Waals surface area (Å²) >= 11 is 0. The molecule has 1 saturated carbocycles. The topological polar surface area (TPSA) is 86.8 Å². The predicted octanol–water partition coefficient (Wildman–Crippen LogP) is 1.13. The van der Waals surface area contributed by atoms with Crippen molar-refractivity contribution in [2.75, 3.05) is 6.54 Å². The fraction of sp³-hybridized carbons (Fsp3) is 0.750. The molecule has 0 spiro atoms. The maximum Gasteiger partial charge on any atom is 0.238 e. The Morgan fingerprint density at radius 1 is 1.30 bits per heavy atom. The molecule has 1 aliphatic carbocycles. The van der Waals surface area contributed by atoms with E-state index in [1.807, 2.05) is 13.8 Å². The lowest BCUT2D eigenvalue weighted by Gasteiger charge is -2.36. The van der Waals surface area contributed by atoms with Gasteiger partial charge in [0.1, 0.15) is 17.2 Å². The van der Waals surface area contributed by atoms with Gasteiger partial charge in [0, 0.05) is 13.1 Å². The van der Waals surface area contributed by atoms with Crippen LogP contribution in [0.3, 0.4) is 0 Å². The van der Waals surface area contributed by atoms with Crippen molar-refractivity contribution < 1.29 is 4.79 Å². The number of rotatable bonds is 3. The average Bonchev–Trinajstić information content (AvgIpc) is 2.95. The lowest BCUT2D eigenvalue weighted by atomic mass is 9.82. The molecule has 0 saturated heterocycles. The van der Waals surface area contributed by atoms with Crippen LogP contribution in [0.1, 0.15) is 50.7 Å². The lowest BCUT2D eigenvalue weighted by molar-refractivity contribution is -0.128. The third-order valence-electron chi connectivity index (χ3n) is 5.18. The highest BCUT2D eigenvalue weighted by Crippen LogP contribution is 2.28. The van der Waals surface area contributed by atoms with Gasteiger partial charge in [-0.05, 0) is 26.7 Å². The Kier molecular flexibility index (Phi) is 4.35. The van der Waals surface area contributed by atoms with Gasteiger partial charge in [-0.2, -0.15) is 5.26 Å². The Morgan fingerprint density at radius 3 is 2.74 bits per heavy atom. The predicted molar refractivity (Wildman–Crippen MR) is 84.2 cm³/mol. The zero-order valence-corrected chi connectivity index (χ0v) is 13.9. The van der Waals surface area contributed by atoms with Crippen molar-refractivity contribution >= 4 is 5.91 Å². The summed E-state index contributed by atoms with van der Waals surface area (Å²) in [7, 11) is 0. The van der Waals surface area contributed by atoms with Crippen molar-refractivity contribution in [3.05, 3.63) is 11.6 Å². The van der Waals surface area contributed by atoms with E-state index in [0.717, 1.165) is 56.8 Å². The summed E-state index contributed by atoms with van der Waals surface area (Å²) in [5, 5.41) is 20.8. The van der Waals surface area contributed by atoms with Crippen LogP contribution in [-0.4, -0.2) is 43.7 Å². The molecule has 0 radical (unpaired) electrons. The van der Waals surface area contributed by atoms with Gasteiger partial charge in [-0.15, -0.1) is 10.2 Å². The van der Waals surface area contributed by atoms with E-state index in [2.05, 4.69) is 31.1 Å². The third kappa shape index (κ3) is 3.08. The van der Waals surface area contributed by atoms with Gasteiger partial charge in [-0.3, -0.25) is 9.69 Å². The maximum absolute atomic E-state index is 12.6. The molecule has 1 N–H and O–H groups in total. The zero-order chi connectivity index (χ0) is 16.4. The Bertz CT molecular complexity index is 625. The Morgan fingerprint density at radius 2 is 2.04 bits per heavy atom. The summed E-state index contributed by atoms with van der Waals surface area (Å²) < 4.78 is 2.10. The summed E-state index contributed by atoms with van der Waals surface area (Å²) in [4.78, 5) is 14.7. The van der Waals surface area contributed by atoms with Crippen LogP contribution in [0.4, 0.5) is 0 Å². The smallest absolute Gasteiger partial charge is 0.238 e. The number of aryl methyl sites for hydroxylation is 1. The van der Waals surface area contributed by atoms with E-state index in [1.165, 1.54) is 0 Å². The number of amides is 1. The maximum atomic E-state index is 12.6. The molecular weight excluding hydrogens is 292 g/mol. The minimum atomic E-state index is -0.671. The van der Waals surface area contributed by atoms with Gasteiger partial charge in [0.25, 0.3) is 0 Å². The summed E-state index contributed by atoms with van der Waals surface area (Å²) in [6, 6.07) is 2.08. The van der Waals surface area contributed by atoms with Gasteiger partial charge in [0.15, 0.2) is 0 Å². The molecule has 0 aromatic carbocycles. The van der Waals surface area contributed by atoms with Crippen molar-refractivity contribution in [1.29, 1.82) is 5.26 Å². The van der Waals surface area contributed by atoms with E-state index >= 15 is 0 Å². The van der Waals surface area contributed by atoms with Crippen LogP contribution in [0, 0.1) is 18.3 Å². The standard InChI is InChI=1S/C16H24N6O/c1-12(15(23)18-16(11-17)6-4-3-5-7-16)21-8-9-22-13(2)19-20-14(22)10-21/h12H,3-10H2,1-2H3,(H,18,23). The quantitative estimate of drug-likeness (QED) is 0.903. The van der Waals surface area contributed by atoms with E-state index in [0.29, 0.717) is 6.54 Å². The molecule has 1 fully saturated rings. The molecule has 3 rings (SSSR count). The van der Waals surface area contributed by atoms with E-state index < -0.39 is 5.54 Å². The van der Waals surface area contributed by atoms with Crippen LogP contribution in [0.25, 0.3) is 0 Å². The Hall–Kier alpha value is -1.94. The monoisotopic (exact) mass is 316 g/mol. The van der Waals surface area contributed by atoms with Gasteiger partial charge >= 0.3 is 0 Å². The highest BCUT2D eigenvalue weighted by molar-refractivity contribution is 5.82. The zero-order valence-electron chi connectivity index (χ0n) is 13.9. The highest BCUT2D eigenvalue weighted by atomic mass is 16.2. The fourth-order valence-corrected chi connectivity index (χ4v) is 3.58. The number of nitrogens with one attached hydrogen (secondary N) is 1. The molecule has 1 atom stereocenters. The molecule has 1 unspecified atom stereocenters. The van der Waals surface area contributed by atoms with Crippen LogP contribution < -0.4 is 5.32 Å². The Balaban J connectivity index is 1.65. The van der Waals surface area contributed by atoms with Crippen LogP contribution >= 0.6 is 0 Å². The first kappa shape index (κ1) is 15.9. The molecule has 1 aromatic rings. The number of fused-ring (bicyclic) bond motifs is 1. The largest absolute Gasteiger partial charge is 0.336 e. The summed E-state index contributed by atoms with van der Waals surface area (Å²) in [6.45, 7) is 6.06. The second-order valence-electron chi connectivity index (χ2n) is 6.71. The van der Waals surface area contributed by atoms with E-state index in [9.17, 15) is 10.1 Å². The molecule has 1 aromatic heterocycles. The van der Waals surface area contributed by atoms with Crippen molar-refractivity contribution in [2.24, 2.45) is 0 Å². The van der Waals surface area contributed by atoms with Gasteiger partial charge in [0.2, 0.25) is 5.91 Å². The summed E-state index contributed by atoms with van der Waals surface area (Å²) in [5.41, 5.74) is -0.671. The second kappa shape index (κ2) is 6.28. The molecule has 7 nitrogen and oxygen atoms in total. The first-order valence-corrected chi connectivity index (χ1v) is 8.41. The van der Waals surface area contributed by atoms with Crippen molar-refractivity contribution in [3.63, 3.8) is 0 Å². The fourth-order valence-electron chi connectivity index (χ4n) is 3.58. The minimum Gasteiger partial charge on any atom is -0.336 e. The summed E-state index contributed by atoms with van der Waals surface area (Å²) in [5.74, 6) is 1.77. The molecule has 1 amide bonds. The molecule has 1 aliphatic heterocycles. The van der Waals surface area contributed by atoms with Gasteiger partial charge in [-0.1, -0.05) is 19.3 Å². The van der Waals surface area contributed by atoms with Crippen molar-refractivity contribution in [2.45, 2.75) is 70.6 Å². The molecular formula is C16H24N6O. The second-order valence-corrected chi connectivity index (χ2v) is 6.71. The van der Waals surface area contributed by atoms with Crippen molar-refractivity contribution in [3.8, 4) is 6.07 Å². The van der Waals surface area contributed by atoms with Gasteiger partial charge in [0.05, 0.1) is 18.7 Å². The van der Waals surface area contributed by atoms with Crippen LogP contribution in [0.2, 0.25) is 0 Å². The van der Waals surface area contributed by atoms with Crippen LogP contribution in [0.5, 0.6) is 0 Å². The molecule has 0 bridgehead atoms. The number of nitriles is 1. The highest BCUT2D eigenvalue weighted by Gasteiger charge is 2.36. The van der Waals surface area contributed by atoms with Crippen LogP contribution in [-0.2, 0) is 17.9 Å². The first-order chi connectivity index (χ1) is 11.0. The molecule has 7 heteroatoms. The number of carbonyl (C=O) groups excluding carboxylic acids is 1. The number of carbonyl (C=O) groups is 1. The van der Waals surface area contributed by atoms with Gasteiger partial charge in [-0.25, -0.2) is 0 Å². The number of hydrogen-bond acceptors (Lipinski definition) is 5. The van der Waals surface area contributed by atoms with E-state index in [-0.39, 0.29) is 11.9 Å². The molecule has 2 aliphatic rings. The number of hydrogen-bond donors (Lipinski definition) is 1. The van der Waals surface area contributed by atoms with Crippen molar-refractivity contribution in [1.82, 2.24) is 25.0 Å². The average molecular weight is 316 g/mol. The number of nitrogens with zero attached hydrogens (tertiary/aromatic N) is 5. The molecule has 124 valence electrons. The lowest BCUT2D eigenvalue weighted by Crippen LogP contribution is -2.55. The minimum absolute atomic E-state index is 0.0573. The molecule has 23 heavy (non-hydrogen) atoms. The normalized spacial score (nSPS) is 22.0. The summed E-state index contributed by atoms with van der Waals surface area (Å²) in [6.07, 6.45) is 4.68. The van der Waals surface area contributed by atoms with Gasteiger partial charge < -0.3 is 9.88 Å². The third-order valence-corrected chi connectivity index (χ3v) is 5.18. The Labute approximate surface area is 136 Å². The van der Waals surface area contributed by atoms with E-state index in [1.54, 1.807) is 0 Å². The van der Waals surface area contributed by atoms with E-state index in [4.69, 9.17) is 0 Å². The number of aromatic nitrogens is 3.